The van der Waals surface area contributed by atoms with E-state index < -0.39 is 10.8 Å². The van der Waals surface area contributed by atoms with Crippen molar-refractivity contribution in [3.8, 4) is 0 Å². The summed E-state index contributed by atoms with van der Waals surface area (Å²) in [6.07, 6.45) is 0. The molecule has 1 heterocycles. The first-order valence-corrected chi connectivity index (χ1v) is 9.77. The summed E-state index contributed by atoms with van der Waals surface area (Å²) in [7, 11) is -1.26. The van der Waals surface area contributed by atoms with E-state index in [0.29, 0.717) is 22.2 Å². The third-order valence-electron chi connectivity index (χ3n) is 3.81. The number of benzene rings is 2. The van der Waals surface area contributed by atoms with Gasteiger partial charge in [-0.25, -0.2) is 0 Å². The zero-order chi connectivity index (χ0) is 18.5. The van der Waals surface area contributed by atoms with Gasteiger partial charge in [-0.1, -0.05) is 41.4 Å². The van der Waals surface area contributed by atoms with Gasteiger partial charge in [-0.05, 0) is 48.9 Å². The lowest BCUT2D eigenvalue weighted by Crippen LogP contribution is -2.22. The van der Waals surface area contributed by atoms with Gasteiger partial charge < -0.3 is 9.73 Å². The van der Waals surface area contributed by atoms with Crippen LogP contribution in [0.1, 0.15) is 27.4 Å². The van der Waals surface area contributed by atoms with Gasteiger partial charge >= 0.3 is 0 Å². The summed E-state index contributed by atoms with van der Waals surface area (Å²) in [4.78, 5) is 12.9. The SMILES string of the molecule is Cc1ccc(CNC(=O)c2ccc(CS(=O)c3ccc(Cl)cc3)o2)cc1. The Morgan fingerprint density at radius 3 is 2.42 bits per heavy atom. The maximum Gasteiger partial charge on any atom is 0.287 e. The van der Waals surface area contributed by atoms with Gasteiger partial charge in [0.2, 0.25) is 0 Å². The maximum absolute atomic E-state index is 12.4. The molecule has 0 fully saturated rings. The molecule has 3 rings (SSSR count). The molecule has 0 aliphatic carbocycles. The molecule has 0 bridgehead atoms. The van der Waals surface area contributed by atoms with E-state index in [1.807, 2.05) is 31.2 Å². The van der Waals surface area contributed by atoms with Crippen molar-refractivity contribution in [3.05, 3.63) is 88.3 Å². The lowest BCUT2D eigenvalue weighted by Gasteiger charge is -2.04. The van der Waals surface area contributed by atoms with Crippen LogP contribution in [-0.2, 0) is 23.1 Å². The number of amides is 1. The first-order chi connectivity index (χ1) is 12.5. The molecule has 2 aromatic carbocycles. The summed E-state index contributed by atoms with van der Waals surface area (Å²) in [5.41, 5.74) is 2.18. The van der Waals surface area contributed by atoms with Gasteiger partial charge in [-0.15, -0.1) is 0 Å². The number of hydrogen-bond acceptors (Lipinski definition) is 3. The number of carbonyl (C=O) groups excluding carboxylic acids is 1. The molecule has 0 spiro atoms. The fraction of sp³-hybridized carbons (Fsp3) is 0.150. The van der Waals surface area contributed by atoms with E-state index in [9.17, 15) is 9.00 Å². The normalized spacial score (nSPS) is 11.9. The highest BCUT2D eigenvalue weighted by atomic mass is 35.5. The van der Waals surface area contributed by atoms with Crippen LogP contribution in [0.25, 0.3) is 0 Å². The predicted octanol–water partition coefficient (Wildman–Crippen LogP) is 4.48. The molecule has 26 heavy (non-hydrogen) atoms. The van der Waals surface area contributed by atoms with Crippen LogP contribution >= 0.6 is 11.6 Å². The molecule has 0 radical (unpaired) electrons. The monoisotopic (exact) mass is 387 g/mol. The fourth-order valence-corrected chi connectivity index (χ4v) is 3.50. The van der Waals surface area contributed by atoms with E-state index in [1.165, 1.54) is 5.56 Å². The number of hydrogen-bond donors (Lipinski definition) is 1. The number of halogens is 1. The largest absolute Gasteiger partial charge is 0.455 e. The van der Waals surface area contributed by atoms with Crippen LogP contribution in [0.4, 0.5) is 0 Å². The summed E-state index contributed by atoms with van der Waals surface area (Å²) in [5.74, 6) is 0.612. The van der Waals surface area contributed by atoms with E-state index in [2.05, 4.69) is 5.32 Å². The lowest BCUT2D eigenvalue weighted by molar-refractivity contribution is 0.0921. The third-order valence-corrected chi connectivity index (χ3v) is 5.41. The Kier molecular flexibility index (Phi) is 5.91. The van der Waals surface area contributed by atoms with Crippen molar-refractivity contribution in [1.82, 2.24) is 5.32 Å². The molecule has 0 saturated carbocycles. The molecule has 0 aliphatic heterocycles. The van der Waals surface area contributed by atoms with Crippen molar-refractivity contribution in [2.75, 3.05) is 0 Å². The van der Waals surface area contributed by atoms with Crippen molar-refractivity contribution in [3.63, 3.8) is 0 Å². The number of aryl methyl sites for hydroxylation is 1. The van der Waals surface area contributed by atoms with Crippen molar-refractivity contribution < 1.29 is 13.4 Å². The van der Waals surface area contributed by atoms with Crippen LogP contribution in [0.2, 0.25) is 5.02 Å². The number of nitrogens with one attached hydrogen (secondary N) is 1. The van der Waals surface area contributed by atoms with Crippen LogP contribution < -0.4 is 5.32 Å². The van der Waals surface area contributed by atoms with E-state index in [1.54, 1.807) is 36.4 Å². The second-order valence-electron chi connectivity index (χ2n) is 5.88. The average Bonchev–Trinajstić information content (AvgIpc) is 3.10. The van der Waals surface area contributed by atoms with Crippen LogP contribution in [-0.4, -0.2) is 10.1 Å². The van der Waals surface area contributed by atoms with Gasteiger partial charge in [0.05, 0.1) is 16.6 Å². The van der Waals surface area contributed by atoms with Crippen LogP contribution in [0.5, 0.6) is 0 Å². The molecule has 6 heteroatoms. The van der Waals surface area contributed by atoms with Crippen LogP contribution in [0, 0.1) is 6.92 Å². The molecule has 1 unspecified atom stereocenters. The molecule has 134 valence electrons. The van der Waals surface area contributed by atoms with Crippen molar-refractivity contribution in [2.45, 2.75) is 24.1 Å². The zero-order valence-corrected chi connectivity index (χ0v) is 15.8. The molecule has 3 aromatic rings. The Labute approximate surface area is 159 Å². The highest BCUT2D eigenvalue weighted by Gasteiger charge is 2.13. The first-order valence-electron chi connectivity index (χ1n) is 8.07. The molecule has 1 N–H and O–H groups in total. The zero-order valence-electron chi connectivity index (χ0n) is 14.2. The van der Waals surface area contributed by atoms with Crippen molar-refractivity contribution >= 4 is 28.3 Å². The minimum atomic E-state index is -1.26. The third kappa shape index (κ3) is 4.84. The predicted molar refractivity (Wildman–Crippen MR) is 103 cm³/mol. The summed E-state index contributed by atoms with van der Waals surface area (Å²) in [6.45, 7) is 2.44. The molecule has 1 aromatic heterocycles. The average molecular weight is 388 g/mol. The maximum atomic E-state index is 12.4. The van der Waals surface area contributed by atoms with Crippen molar-refractivity contribution in [1.29, 1.82) is 0 Å². The van der Waals surface area contributed by atoms with Crippen molar-refractivity contribution in [2.24, 2.45) is 0 Å². The summed E-state index contributed by atoms with van der Waals surface area (Å²) < 4.78 is 17.9. The smallest absolute Gasteiger partial charge is 0.287 e. The molecule has 1 atom stereocenters. The van der Waals surface area contributed by atoms with E-state index in [4.69, 9.17) is 16.0 Å². The number of carbonyl (C=O) groups is 1. The highest BCUT2D eigenvalue weighted by Crippen LogP contribution is 2.17. The van der Waals surface area contributed by atoms with Gasteiger partial charge in [0.25, 0.3) is 5.91 Å². The topological polar surface area (TPSA) is 59.3 Å². The highest BCUT2D eigenvalue weighted by molar-refractivity contribution is 7.84. The summed E-state index contributed by atoms with van der Waals surface area (Å²) >= 11 is 5.83. The second-order valence-corrected chi connectivity index (χ2v) is 7.77. The van der Waals surface area contributed by atoms with Gasteiger partial charge in [0.1, 0.15) is 5.76 Å². The number of furan rings is 1. The van der Waals surface area contributed by atoms with Gasteiger partial charge in [0, 0.05) is 16.5 Å². The lowest BCUT2D eigenvalue weighted by atomic mass is 10.1. The second kappa shape index (κ2) is 8.34. The minimum Gasteiger partial charge on any atom is -0.455 e. The van der Waals surface area contributed by atoms with E-state index in [0.717, 1.165) is 5.56 Å². The van der Waals surface area contributed by atoms with Gasteiger partial charge in [-0.3, -0.25) is 9.00 Å². The Bertz CT molecular complexity index is 917. The van der Waals surface area contributed by atoms with E-state index >= 15 is 0 Å². The standard InChI is InChI=1S/C20H18ClNO3S/c1-14-2-4-15(5-3-14)12-22-20(23)19-11-8-17(25-19)13-26(24)18-9-6-16(21)7-10-18/h2-11H,12-13H2,1H3,(H,22,23). The van der Waals surface area contributed by atoms with Gasteiger partial charge in [0.15, 0.2) is 5.76 Å². The molecular formula is C20H18ClNO3S. The molecular weight excluding hydrogens is 370 g/mol. The Morgan fingerprint density at radius 2 is 1.73 bits per heavy atom. The Balaban J connectivity index is 1.58. The quantitative estimate of drug-likeness (QED) is 0.678. The van der Waals surface area contributed by atoms with Crippen LogP contribution in [0.3, 0.4) is 0 Å². The Hall–Kier alpha value is -2.37. The fourth-order valence-electron chi connectivity index (χ4n) is 2.35. The minimum absolute atomic E-state index is 0.201. The molecule has 4 nitrogen and oxygen atoms in total. The summed E-state index contributed by atoms with van der Waals surface area (Å²) in [5, 5.41) is 3.41. The first kappa shape index (κ1) is 18.4. The summed E-state index contributed by atoms with van der Waals surface area (Å²) in [6, 6.07) is 18.0. The van der Waals surface area contributed by atoms with E-state index in [-0.39, 0.29) is 17.4 Å². The van der Waals surface area contributed by atoms with Gasteiger partial charge in [-0.2, -0.15) is 0 Å². The molecule has 0 saturated heterocycles. The molecule has 0 aliphatic rings. The Morgan fingerprint density at radius 1 is 1.04 bits per heavy atom. The van der Waals surface area contributed by atoms with Crippen LogP contribution in [0.15, 0.2) is 70.0 Å². The molecule has 1 amide bonds. The number of rotatable bonds is 6.